The monoisotopic (exact) mass is 482 g/mol. The van der Waals surface area contributed by atoms with Gasteiger partial charge in [0.25, 0.3) is 0 Å². The molecule has 1 heterocycles. The molecule has 2 rings (SSSR count). The Morgan fingerprint density at radius 1 is 1.00 bits per heavy atom. The molecule has 0 aliphatic carbocycles. The molecule has 2 aromatic rings. The molecule has 0 fully saturated rings. The Morgan fingerprint density at radius 3 is 2.47 bits per heavy atom. The van der Waals surface area contributed by atoms with Gasteiger partial charge in [-0.05, 0) is 52.3 Å². The van der Waals surface area contributed by atoms with Crippen LogP contribution >= 0.6 is 60.3 Å². The molecule has 0 saturated carbocycles. The van der Waals surface area contributed by atoms with E-state index in [-0.39, 0.29) is 0 Å². The lowest BCUT2D eigenvalue weighted by Crippen LogP contribution is -1.75. The third kappa shape index (κ3) is 3.28. The van der Waals surface area contributed by atoms with E-state index < -0.39 is 0 Å². The fourth-order valence-electron chi connectivity index (χ4n) is 1.39. The molecule has 1 nitrogen and oxygen atoms in total. The minimum absolute atomic E-state index is 0.647. The molecular weight excluding hydrogens is 478 g/mol. The van der Waals surface area contributed by atoms with Crippen molar-refractivity contribution in [1.82, 2.24) is 0 Å². The van der Waals surface area contributed by atoms with Crippen molar-refractivity contribution in [3.05, 3.63) is 35.6 Å². The van der Waals surface area contributed by atoms with E-state index in [0.29, 0.717) is 5.76 Å². The van der Waals surface area contributed by atoms with Crippen molar-refractivity contribution in [2.75, 3.05) is 0 Å². The maximum atomic E-state index is 5.69. The van der Waals surface area contributed by atoms with E-state index in [4.69, 9.17) is 4.42 Å². The molecule has 0 bridgehead atoms. The van der Waals surface area contributed by atoms with Crippen LogP contribution in [0.4, 0.5) is 0 Å². The number of halogens is 2. The van der Waals surface area contributed by atoms with Gasteiger partial charge in [0.05, 0.1) is 5.56 Å². The highest BCUT2D eigenvalue weighted by molar-refractivity contribution is 14.2. The van der Waals surface area contributed by atoms with Crippen molar-refractivity contribution < 1.29 is 4.42 Å². The minimum atomic E-state index is 0.647. The highest BCUT2D eigenvalue weighted by atomic mass is 127. The normalized spacial score (nSPS) is 9.29. The van der Waals surface area contributed by atoms with Crippen LogP contribution in [0.5, 0.6) is 0 Å². The second-order valence-electron chi connectivity index (χ2n) is 2.91. The average molecular weight is 482 g/mol. The van der Waals surface area contributed by atoms with Crippen molar-refractivity contribution in [1.29, 1.82) is 0 Å². The number of benzene rings is 1. The number of furan rings is 1. The van der Waals surface area contributed by atoms with E-state index in [1.165, 1.54) is 17.9 Å². The first kappa shape index (κ1) is 13.5. The molecule has 0 N–H and O–H groups in total. The lowest BCUT2D eigenvalue weighted by molar-refractivity contribution is 0.600. The van der Waals surface area contributed by atoms with Crippen molar-refractivity contribution in [3.8, 4) is 22.3 Å². The summed E-state index contributed by atoms with van der Waals surface area (Å²) in [7, 11) is 2.89. The number of para-hydroxylation sites is 1. The molecule has 0 unspecified atom stereocenters. The molecule has 0 aliphatic rings. The molecule has 17 heavy (non-hydrogen) atoms. The van der Waals surface area contributed by atoms with Gasteiger partial charge >= 0.3 is 0 Å². The minimum Gasteiger partial charge on any atom is -0.446 e. The lowest BCUT2D eigenvalue weighted by Gasteiger charge is -1.85. The van der Waals surface area contributed by atoms with Gasteiger partial charge in [0, 0.05) is 47.8 Å². The van der Waals surface area contributed by atoms with Gasteiger partial charge < -0.3 is 4.42 Å². The second-order valence-corrected chi connectivity index (χ2v) is 6.27. The standard InChI is InChI=1S/C12H4I2OS2/c13-16-7-5-10-9-3-1-2-4-11(9)15-12(10)6-8-17-14/h1-4H. The zero-order valence-corrected chi connectivity index (χ0v) is 14.2. The summed E-state index contributed by atoms with van der Waals surface area (Å²) in [5.74, 6) is 6.72. The zero-order chi connectivity index (χ0) is 12.1. The SMILES string of the molecule is ISC#Cc1oc2ccccc2c1C#CSI. The molecule has 0 spiro atoms. The van der Waals surface area contributed by atoms with E-state index in [1.807, 2.05) is 24.3 Å². The summed E-state index contributed by atoms with van der Waals surface area (Å²) in [6.45, 7) is 0. The molecular formula is C12H4I2OS2. The van der Waals surface area contributed by atoms with Gasteiger partial charge in [-0.25, -0.2) is 0 Å². The van der Waals surface area contributed by atoms with Gasteiger partial charge in [-0.2, -0.15) is 0 Å². The third-order valence-electron chi connectivity index (χ3n) is 2.01. The first-order valence-corrected chi connectivity index (χ1v) is 11.2. The summed E-state index contributed by atoms with van der Waals surface area (Å²) in [4.78, 5) is 0. The molecule has 0 radical (unpaired) electrons. The Hall–Kier alpha value is 0.0400. The number of hydrogen-bond donors (Lipinski definition) is 0. The molecule has 0 aliphatic heterocycles. The van der Waals surface area contributed by atoms with Crippen molar-refractivity contribution in [2.45, 2.75) is 0 Å². The van der Waals surface area contributed by atoms with Gasteiger partial charge in [-0.1, -0.05) is 12.1 Å². The van der Waals surface area contributed by atoms with Crippen LogP contribution in [0.1, 0.15) is 11.3 Å². The second kappa shape index (κ2) is 6.83. The van der Waals surface area contributed by atoms with Crippen LogP contribution in [-0.2, 0) is 0 Å². The summed E-state index contributed by atoms with van der Waals surface area (Å²) in [5, 5.41) is 6.92. The molecule has 0 saturated heterocycles. The predicted octanol–water partition coefficient (Wildman–Crippen LogP) is 5.22. The lowest BCUT2D eigenvalue weighted by atomic mass is 10.1. The first-order valence-electron chi connectivity index (χ1n) is 4.45. The molecule has 0 amide bonds. The molecule has 84 valence electrons. The van der Waals surface area contributed by atoms with E-state index in [1.54, 1.807) is 0 Å². The largest absolute Gasteiger partial charge is 0.446 e. The third-order valence-corrected chi connectivity index (χ3v) is 3.69. The van der Waals surface area contributed by atoms with E-state index >= 15 is 0 Å². The predicted molar refractivity (Wildman–Crippen MR) is 93.2 cm³/mol. The Morgan fingerprint density at radius 2 is 1.71 bits per heavy atom. The molecule has 5 heteroatoms. The maximum Gasteiger partial charge on any atom is 0.194 e. The van der Waals surface area contributed by atoms with Gasteiger partial charge in [0.2, 0.25) is 0 Å². The number of fused-ring (bicyclic) bond motifs is 1. The first-order chi connectivity index (χ1) is 8.36. The van der Waals surface area contributed by atoms with Gasteiger partial charge in [-0.15, -0.1) is 0 Å². The van der Waals surface area contributed by atoms with E-state index in [9.17, 15) is 0 Å². The average Bonchev–Trinajstić information content (AvgIpc) is 2.71. The smallest absolute Gasteiger partial charge is 0.194 e. The van der Waals surface area contributed by atoms with E-state index in [0.717, 1.165) is 16.5 Å². The highest BCUT2D eigenvalue weighted by Crippen LogP contribution is 2.25. The quantitative estimate of drug-likeness (QED) is 0.378. The van der Waals surface area contributed by atoms with Crippen LogP contribution in [0.15, 0.2) is 28.7 Å². The van der Waals surface area contributed by atoms with Crippen molar-refractivity contribution in [2.24, 2.45) is 0 Å². The Balaban J connectivity index is 2.65. The van der Waals surface area contributed by atoms with Gasteiger partial charge in [-0.3, -0.25) is 0 Å². The van der Waals surface area contributed by atoms with Crippen molar-refractivity contribution >= 4 is 71.2 Å². The molecule has 0 atom stereocenters. The summed E-state index contributed by atoms with van der Waals surface area (Å²) in [6, 6.07) is 7.86. The fraction of sp³-hybridized carbons (Fsp3) is 0. The number of rotatable bonds is 0. The Bertz CT molecular complexity index is 656. The molecule has 1 aromatic carbocycles. The summed E-state index contributed by atoms with van der Waals surface area (Å²) < 4.78 is 5.69. The zero-order valence-electron chi connectivity index (χ0n) is 8.29. The topological polar surface area (TPSA) is 13.1 Å². The number of hydrogen-bond acceptors (Lipinski definition) is 3. The van der Waals surface area contributed by atoms with Gasteiger partial charge in [0.15, 0.2) is 5.76 Å². The Labute approximate surface area is 132 Å². The van der Waals surface area contributed by atoms with Crippen LogP contribution in [-0.4, -0.2) is 0 Å². The summed E-state index contributed by atoms with van der Waals surface area (Å²) >= 11 is 4.28. The summed E-state index contributed by atoms with van der Waals surface area (Å²) in [6.07, 6.45) is 0. The van der Waals surface area contributed by atoms with Crippen LogP contribution in [0.25, 0.3) is 11.0 Å². The highest BCUT2D eigenvalue weighted by Gasteiger charge is 2.09. The van der Waals surface area contributed by atoms with Crippen LogP contribution in [0.2, 0.25) is 0 Å². The Kier molecular flexibility index (Phi) is 5.42. The van der Waals surface area contributed by atoms with Gasteiger partial charge in [0.1, 0.15) is 5.58 Å². The van der Waals surface area contributed by atoms with Crippen LogP contribution in [0, 0.1) is 22.3 Å². The van der Waals surface area contributed by atoms with Crippen LogP contribution in [0.3, 0.4) is 0 Å². The maximum absolute atomic E-state index is 5.69. The fourth-order valence-corrected chi connectivity index (χ4v) is 2.33. The van der Waals surface area contributed by atoms with E-state index in [2.05, 4.69) is 64.8 Å². The summed E-state index contributed by atoms with van der Waals surface area (Å²) in [5.41, 5.74) is 1.71. The molecule has 1 aromatic heterocycles. The van der Waals surface area contributed by atoms with Crippen molar-refractivity contribution in [3.63, 3.8) is 0 Å². The van der Waals surface area contributed by atoms with Crippen LogP contribution < -0.4 is 0 Å².